The molecule has 0 aliphatic heterocycles. The smallest absolute Gasteiger partial charge is 0.247 e. The highest BCUT2D eigenvalue weighted by Crippen LogP contribution is 1.92. The lowest BCUT2D eigenvalue weighted by Gasteiger charge is -1.93. The molecule has 1 aromatic rings. The molecule has 0 amide bonds. The summed E-state index contributed by atoms with van der Waals surface area (Å²) in [6, 6.07) is 0. The van der Waals surface area contributed by atoms with Crippen molar-refractivity contribution in [3.05, 3.63) is 36.1 Å². The van der Waals surface area contributed by atoms with Gasteiger partial charge in [0.15, 0.2) is 0 Å². The quantitative estimate of drug-likeness (QED) is 0.376. The van der Waals surface area contributed by atoms with E-state index in [0.29, 0.717) is 0 Å². The van der Waals surface area contributed by atoms with E-state index in [-0.39, 0.29) is 0 Å². The molecule has 0 saturated carbocycles. The van der Waals surface area contributed by atoms with Crippen LogP contribution in [-0.4, -0.2) is 4.57 Å². The Labute approximate surface area is 73.5 Å². The number of rotatable bonds is 2. The van der Waals surface area contributed by atoms with Crippen LogP contribution in [0, 0.1) is 5.21 Å². The second-order valence-electron chi connectivity index (χ2n) is 2.40. The lowest BCUT2D eigenvalue weighted by Crippen LogP contribution is -2.21. The van der Waals surface area contributed by atoms with E-state index >= 15 is 0 Å². The van der Waals surface area contributed by atoms with E-state index in [1.165, 1.54) is 12.5 Å². The summed E-state index contributed by atoms with van der Waals surface area (Å²) in [5.41, 5.74) is 1.04. The van der Waals surface area contributed by atoms with Gasteiger partial charge in [-0.15, -0.1) is 0 Å². The summed E-state index contributed by atoms with van der Waals surface area (Å²) in [7, 11) is 0. The molecule has 3 heteroatoms. The second kappa shape index (κ2) is 5.41. The average Bonchev–Trinajstić information content (AvgIpc) is 2.39. The summed E-state index contributed by atoms with van der Waals surface area (Å²) in [5, 5.41) is 10.5. The summed E-state index contributed by atoms with van der Waals surface area (Å²) >= 11 is 0. The van der Waals surface area contributed by atoms with Gasteiger partial charge >= 0.3 is 0 Å². The summed E-state index contributed by atoms with van der Waals surface area (Å²) in [5.74, 6) is 0. The van der Waals surface area contributed by atoms with E-state index in [1.807, 2.05) is 20.8 Å². The van der Waals surface area contributed by atoms with Crippen molar-refractivity contribution in [2.45, 2.75) is 27.3 Å². The topological polar surface area (TPSA) is 31.9 Å². The Morgan fingerprint density at radius 2 is 2.17 bits per heavy atom. The molecule has 0 bridgehead atoms. The van der Waals surface area contributed by atoms with Crippen LogP contribution < -0.4 is 4.73 Å². The van der Waals surface area contributed by atoms with Crippen molar-refractivity contribution < 1.29 is 4.73 Å². The zero-order valence-electron chi connectivity index (χ0n) is 7.95. The minimum Gasteiger partial charge on any atom is -0.711 e. The fourth-order valence-corrected chi connectivity index (χ4v) is 0.780. The largest absolute Gasteiger partial charge is 0.711 e. The third-order valence-corrected chi connectivity index (χ3v) is 1.12. The number of nitrogens with zero attached hydrogens (tertiary/aromatic N) is 2. The van der Waals surface area contributed by atoms with Crippen LogP contribution in [0.4, 0.5) is 0 Å². The maximum Gasteiger partial charge on any atom is 0.247 e. The molecular formula is C9H16N2O. The van der Waals surface area contributed by atoms with Gasteiger partial charge in [-0.2, -0.15) is 0 Å². The molecule has 1 rings (SSSR count). The van der Waals surface area contributed by atoms with Gasteiger partial charge in [0, 0.05) is 0 Å². The van der Waals surface area contributed by atoms with Gasteiger partial charge in [-0.05, 0) is 12.5 Å². The summed E-state index contributed by atoms with van der Waals surface area (Å²) in [4.78, 5) is 0. The molecule has 0 spiro atoms. The van der Waals surface area contributed by atoms with Crippen molar-refractivity contribution in [2.75, 3.05) is 0 Å². The van der Waals surface area contributed by atoms with Crippen LogP contribution in [0.15, 0.2) is 30.9 Å². The molecule has 0 saturated heterocycles. The van der Waals surface area contributed by atoms with Crippen molar-refractivity contribution in [3.63, 3.8) is 0 Å². The molecular weight excluding hydrogens is 152 g/mol. The molecule has 12 heavy (non-hydrogen) atoms. The van der Waals surface area contributed by atoms with Gasteiger partial charge in [0.2, 0.25) is 6.33 Å². The fraction of sp³-hybridized carbons (Fsp3) is 0.444. The van der Waals surface area contributed by atoms with Crippen LogP contribution in [-0.2, 0) is 6.54 Å². The van der Waals surface area contributed by atoms with Gasteiger partial charge in [0.1, 0.15) is 18.9 Å². The van der Waals surface area contributed by atoms with Crippen LogP contribution in [0.5, 0.6) is 0 Å². The van der Waals surface area contributed by atoms with Crippen LogP contribution in [0.1, 0.15) is 20.8 Å². The lowest BCUT2D eigenvalue weighted by atomic mass is 10.3. The van der Waals surface area contributed by atoms with Crippen molar-refractivity contribution >= 4 is 0 Å². The van der Waals surface area contributed by atoms with Crippen LogP contribution >= 0.6 is 0 Å². The Morgan fingerprint density at radius 1 is 1.58 bits per heavy atom. The Kier molecular flexibility index (Phi) is 4.84. The second-order valence-corrected chi connectivity index (χ2v) is 2.40. The van der Waals surface area contributed by atoms with Crippen molar-refractivity contribution in [3.8, 4) is 0 Å². The standard InChI is InChI=1S/C7H10N2O.C2H6/c1-7(2)5-8-3-4-9(10)6-8;1-2/h3-4,6H,1,5H2,2H3;1-2H3. The maximum absolute atomic E-state index is 10.5. The zero-order valence-corrected chi connectivity index (χ0v) is 7.95. The molecule has 0 aliphatic carbocycles. The van der Waals surface area contributed by atoms with E-state index in [4.69, 9.17) is 0 Å². The average molecular weight is 168 g/mol. The summed E-state index contributed by atoms with van der Waals surface area (Å²) < 4.78 is 2.55. The Hall–Kier alpha value is -1.25. The first kappa shape index (κ1) is 10.8. The van der Waals surface area contributed by atoms with Gasteiger partial charge in [0.05, 0.1) is 0 Å². The van der Waals surface area contributed by atoms with Gasteiger partial charge < -0.3 is 5.21 Å². The number of allylic oxidation sites excluding steroid dienone is 1. The van der Waals surface area contributed by atoms with Crippen LogP contribution in [0.2, 0.25) is 0 Å². The predicted molar refractivity (Wildman–Crippen MR) is 49.6 cm³/mol. The Balaban J connectivity index is 0.000000561. The van der Waals surface area contributed by atoms with Gasteiger partial charge in [0.25, 0.3) is 0 Å². The first-order valence-electron chi connectivity index (χ1n) is 4.07. The van der Waals surface area contributed by atoms with E-state index in [0.717, 1.165) is 16.8 Å². The third-order valence-electron chi connectivity index (χ3n) is 1.12. The first-order valence-corrected chi connectivity index (χ1v) is 4.07. The lowest BCUT2D eigenvalue weighted by molar-refractivity contribution is -0.604. The van der Waals surface area contributed by atoms with E-state index in [2.05, 4.69) is 6.58 Å². The number of aromatic nitrogens is 2. The van der Waals surface area contributed by atoms with Crippen molar-refractivity contribution in [2.24, 2.45) is 0 Å². The first-order chi connectivity index (χ1) is 5.68. The SMILES string of the molecule is C=C(C)Cn1cc[n+]([O-])c1.CC. The molecule has 0 N–H and O–H groups in total. The maximum atomic E-state index is 10.5. The highest BCUT2D eigenvalue weighted by molar-refractivity contribution is 4.89. The minimum absolute atomic E-state index is 0.718. The molecule has 3 nitrogen and oxygen atoms in total. The van der Waals surface area contributed by atoms with Crippen molar-refractivity contribution in [1.29, 1.82) is 0 Å². The number of hydrogen-bond acceptors (Lipinski definition) is 1. The highest BCUT2D eigenvalue weighted by Gasteiger charge is 1.96. The number of imidazole rings is 1. The minimum atomic E-state index is 0.718. The number of hydrogen-bond donors (Lipinski definition) is 0. The normalized spacial score (nSPS) is 8.58. The molecule has 1 heterocycles. The van der Waals surface area contributed by atoms with E-state index in [9.17, 15) is 5.21 Å². The third kappa shape index (κ3) is 3.81. The molecule has 1 aromatic heterocycles. The Bertz CT molecular complexity index is 240. The molecule has 0 unspecified atom stereocenters. The molecule has 0 aromatic carbocycles. The molecule has 0 aliphatic rings. The molecule has 0 radical (unpaired) electrons. The zero-order chi connectivity index (χ0) is 9.56. The van der Waals surface area contributed by atoms with Gasteiger partial charge in [-0.1, -0.05) is 20.4 Å². The molecule has 0 fully saturated rings. The summed E-state index contributed by atoms with van der Waals surface area (Å²) in [6.07, 6.45) is 4.67. The molecule has 68 valence electrons. The van der Waals surface area contributed by atoms with Crippen LogP contribution in [0.25, 0.3) is 0 Å². The Morgan fingerprint density at radius 3 is 2.50 bits per heavy atom. The van der Waals surface area contributed by atoms with Crippen LogP contribution in [0.3, 0.4) is 0 Å². The molecule has 0 atom stereocenters. The summed E-state index contributed by atoms with van der Waals surface area (Å²) in [6.45, 7) is 10.4. The van der Waals surface area contributed by atoms with Gasteiger partial charge in [-0.25, -0.2) is 9.30 Å². The van der Waals surface area contributed by atoms with Crippen molar-refractivity contribution in [1.82, 2.24) is 4.57 Å². The fourth-order valence-electron chi connectivity index (χ4n) is 0.780. The monoisotopic (exact) mass is 168 g/mol. The highest BCUT2D eigenvalue weighted by atomic mass is 16.5. The predicted octanol–water partition coefficient (Wildman–Crippen LogP) is 1.72. The van der Waals surface area contributed by atoms with E-state index < -0.39 is 0 Å². The van der Waals surface area contributed by atoms with E-state index in [1.54, 1.807) is 10.8 Å². The van der Waals surface area contributed by atoms with Gasteiger partial charge in [-0.3, -0.25) is 0 Å².